The van der Waals surface area contributed by atoms with E-state index >= 15 is 0 Å². The molecule has 13 heavy (non-hydrogen) atoms. The van der Waals surface area contributed by atoms with E-state index < -0.39 is 4.92 Å². The first-order valence-electron chi connectivity index (χ1n) is 3.81. The molecule has 0 heterocycles. The number of hydrogen-bond acceptors (Lipinski definition) is 3. The van der Waals surface area contributed by atoms with Crippen molar-refractivity contribution >= 4 is 17.5 Å². The van der Waals surface area contributed by atoms with E-state index in [4.69, 9.17) is 5.73 Å². The summed E-state index contributed by atoms with van der Waals surface area (Å²) in [5.41, 5.74) is 6.83. The molecule has 68 valence electrons. The van der Waals surface area contributed by atoms with Crippen LogP contribution in [0.3, 0.4) is 0 Å². The Morgan fingerprint density at radius 2 is 2.23 bits per heavy atom. The lowest BCUT2D eigenvalue weighted by atomic mass is 10.1. The molecule has 1 rings (SSSR count). The molecule has 0 aromatic heterocycles. The standard InChI is InChI=1S/C9H10N2O2/c1-2-3-7-4-5-8(11(12)13)6-9(7)10/h2-6H,10H2,1H3. The second-order valence-corrected chi connectivity index (χ2v) is 2.57. The minimum atomic E-state index is -0.462. The highest BCUT2D eigenvalue weighted by Gasteiger charge is 2.06. The summed E-state index contributed by atoms with van der Waals surface area (Å²) < 4.78 is 0. The summed E-state index contributed by atoms with van der Waals surface area (Å²) in [7, 11) is 0. The van der Waals surface area contributed by atoms with Gasteiger partial charge in [-0.3, -0.25) is 10.1 Å². The maximum Gasteiger partial charge on any atom is 0.271 e. The number of nitro groups is 1. The highest BCUT2D eigenvalue weighted by Crippen LogP contribution is 2.20. The molecule has 0 radical (unpaired) electrons. The lowest BCUT2D eigenvalue weighted by Gasteiger charge is -1.98. The monoisotopic (exact) mass is 178 g/mol. The third-order valence-corrected chi connectivity index (χ3v) is 1.63. The first kappa shape index (κ1) is 9.25. The smallest absolute Gasteiger partial charge is 0.271 e. The molecule has 0 saturated carbocycles. The van der Waals surface area contributed by atoms with Crippen LogP contribution in [0.2, 0.25) is 0 Å². The Labute approximate surface area is 75.8 Å². The van der Waals surface area contributed by atoms with E-state index in [2.05, 4.69) is 0 Å². The number of anilines is 1. The minimum absolute atomic E-state index is 0.0192. The molecular formula is C9H10N2O2. The summed E-state index contributed by atoms with van der Waals surface area (Å²) in [6.07, 6.45) is 3.64. The van der Waals surface area contributed by atoms with Crippen molar-refractivity contribution in [3.8, 4) is 0 Å². The normalized spacial score (nSPS) is 10.5. The number of non-ortho nitro benzene ring substituents is 1. The summed E-state index contributed by atoms with van der Waals surface area (Å²) in [4.78, 5) is 9.89. The fourth-order valence-electron chi connectivity index (χ4n) is 1.01. The molecule has 0 amide bonds. The molecule has 2 N–H and O–H groups in total. The molecule has 0 aliphatic heterocycles. The Bertz CT molecular complexity index is 359. The van der Waals surface area contributed by atoms with Gasteiger partial charge in [-0.1, -0.05) is 12.2 Å². The Balaban J connectivity index is 3.12. The van der Waals surface area contributed by atoms with Gasteiger partial charge < -0.3 is 5.73 Å². The molecule has 0 saturated heterocycles. The molecule has 0 aliphatic rings. The summed E-state index contributed by atoms with van der Waals surface area (Å²) in [5.74, 6) is 0. The molecule has 1 aromatic carbocycles. The maximum atomic E-state index is 10.4. The number of benzene rings is 1. The molecule has 4 nitrogen and oxygen atoms in total. The number of allylic oxidation sites excluding steroid dienone is 1. The largest absolute Gasteiger partial charge is 0.398 e. The van der Waals surface area contributed by atoms with Crippen molar-refractivity contribution in [1.82, 2.24) is 0 Å². The summed E-state index contributed by atoms with van der Waals surface area (Å²) >= 11 is 0. The topological polar surface area (TPSA) is 69.2 Å². The van der Waals surface area contributed by atoms with Gasteiger partial charge in [0.2, 0.25) is 0 Å². The molecular weight excluding hydrogens is 168 g/mol. The van der Waals surface area contributed by atoms with Gasteiger partial charge in [0.1, 0.15) is 0 Å². The van der Waals surface area contributed by atoms with Crippen LogP contribution in [0, 0.1) is 10.1 Å². The van der Waals surface area contributed by atoms with Crippen LogP contribution in [-0.2, 0) is 0 Å². The van der Waals surface area contributed by atoms with Crippen LogP contribution in [0.5, 0.6) is 0 Å². The average Bonchev–Trinajstić information content (AvgIpc) is 2.08. The third kappa shape index (κ3) is 2.05. The lowest BCUT2D eigenvalue weighted by Crippen LogP contribution is -1.93. The van der Waals surface area contributed by atoms with Crippen molar-refractivity contribution in [3.63, 3.8) is 0 Å². The van der Waals surface area contributed by atoms with Crippen LogP contribution in [0.4, 0.5) is 11.4 Å². The fraction of sp³-hybridized carbons (Fsp3) is 0.111. The van der Waals surface area contributed by atoms with Crippen LogP contribution in [-0.4, -0.2) is 4.92 Å². The van der Waals surface area contributed by atoms with Crippen LogP contribution in [0.1, 0.15) is 12.5 Å². The Morgan fingerprint density at radius 3 is 2.69 bits per heavy atom. The highest BCUT2D eigenvalue weighted by atomic mass is 16.6. The molecule has 0 spiro atoms. The fourth-order valence-corrected chi connectivity index (χ4v) is 1.01. The quantitative estimate of drug-likeness (QED) is 0.428. The number of nitrogens with zero attached hydrogens (tertiary/aromatic N) is 1. The predicted octanol–water partition coefficient (Wildman–Crippen LogP) is 2.21. The Kier molecular flexibility index (Phi) is 2.64. The van der Waals surface area contributed by atoms with Crippen LogP contribution in [0.25, 0.3) is 6.08 Å². The van der Waals surface area contributed by atoms with Crippen molar-refractivity contribution in [2.75, 3.05) is 5.73 Å². The first-order valence-corrected chi connectivity index (χ1v) is 3.81. The van der Waals surface area contributed by atoms with Crippen molar-refractivity contribution in [2.45, 2.75) is 6.92 Å². The Morgan fingerprint density at radius 1 is 1.54 bits per heavy atom. The predicted molar refractivity (Wildman–Crippen MR) is 52.2 cm³/mol. The molecule has 0 bridgehead atoms. The zero-order valence-corrected chi connectivity index (χ0v) is 7.23. The van der Waals surface area contributed by atoms with Crippen LogP contribution >= 0.6 is 0 Å². The number of rotatable bonds is 2. The second-order valence-electron chi connectivity index (χ2n) is 2.57. The summed E-state index contributed by atoms with van der Waals surface area (Å²) in [6, 6.07) is 4.43. The molecule has 0 atom stereocenters. The van der Waals surface area contributed by atoms with Gasteiger partial charge in [-0.15, -0.1) is 0 Å². The van der Waals surface area contributed by atoms with Crippen molar-refractivity contribution < 1.29 is 4.92 Å². The third-order valence-electron chi connectivity index (χ3n) is 1.63. The van der Waals surface area contributed by atoms with Crippen LogP contribution in [0.15, 0.2) is 24.3 Å². The molecule has 0 aliphatic carbocycles. The van der Waals surface area contributed by atoms with Crippen molar-refractivity contribution in [3.05, 3.63) is 40.0 Å². The van der Waals surface area contributed by atoms with Gasteiger partial charge in [0, 0.05) is 17.8 Å². The van der Waals surface area contributed by atoms with Crippen LogP contribution < -0.4 is 5.73 Å². The SMILES string of the molecule is CC=Cc1ccc([N+](=O)[O-])cc1N. The van der Waals surface area contributed by atoms with E-state index in [1.807, 2.05) is 13.0 Å². The molecule has 0 fully saturated rings. The Hall–Kier alpha value is -1.84. The average molecular weight is 178 g/mol. The summed E-state index contributed by atoms with van der Waals surface area (Å²) in [5, 5.41) is 10.4. The lowest BCUT2D eigenvalue weighted by molar-refractivity contribution is -0.384. The van der Waals surface area contributed by atoms with Crippen molar-refractivity contribution in [2.24, 2.45) is 0 Å². The van der Waals surface area contributed by atoms with E-state index in [0.717, 1.165) is 5.56 Å². The van der Waals surface area contributed by atoms with Gasteiger partial charge in [-0.05, 0) is 18.6 Å². The van der Waals surface area contributed by atoms with Crippen molar-refractivity contribution in [1.29, 1.82) is 0 Å². The minimum Gasteiger partial charge on any atom is -0.398 e. The number of hydrogen-bond donors (Lipinski definition) is 1. The number of nitrogen functional groups attached to an aromatic ring is 1. The zero-order valence-electron chi connectivity index (χ0n) is 7.23. The van der Waals surface area contributed by atoms with E-state index in [0.29, 0.717) is 5.69 Å². The van der Waals surface area contributed by atoms with Gasteiger partial charge >= 0.3 is 0 Å². The first-order chi connectivity index (χ1) is 6.15. The van der Waals surface area contributed by atoms with E-state index in [1.54, 1.807) is 12.1 Å². The number of nitro benzene ring substituents is 1. The van der Waals surface area contributed by atoms with E-state index in [-0.39, 0.29) is 5.69 Å². The maximum absolute atomic E-state index is 10.4. The molecule has 0 unspecified atom stereocenters. The van der Waals surface area contributed by atoms with Gasteiger partial charge in [0.25, 0.3) is 5.69 Å². The van der Waals surface area contributed by atoms with E-state index in [1.165, 1.54) is 12.1 Å². The number of nitrogens with two attached hydrogens (primary N) is 1. The molecule has 1 aromatic rings. The highest BCUT2D eigenvalue weighted by molar-refractivity contribution is 5.67. The summed E-state index contributed by atoms with van der Waals surface area (Å²) in [6.45, 7) is 1.86. The second kappa shape index (κ2) is 3.71. The van der Waals surface area contributed by atoms with Gasteiger partial charge in [0.15, 0.2) is 0 Å². The zero-order chi connectivity index (χ0) is 9.84. The van der Waals surface area contributed by atoms with E-state index in [9.17, 15) is 10.1 Å². The van der Waals surface area contributed by atoms with Gasteiger partial charge in [-0.25, -0.2) is 0 Å². The van der Waals surface area contributed by atoms with Gasteiger partial charge in [-0.2, -0.15) is 0 Å². The van der Waals surface area contributed by atoms with Gasteiger partial charge in [0.05, 0.1) is 4.92 Å². The molecule has 4 heteroatoms.